The molecule has 0 saturated heterocycles. The van der Waals surface area contributed by atoms with Crippen LogP contribution in [0.15, 0.2) is 51.8 Å². The molecule has 1 aliphatic rings. The lowest BCUT2D eigenvalue weighted by Gasteiger charge is -2.26. The molecule has 1 heterocycles. The normalized spacial score (nSPS) is 22.6. The summed E-state index contributed by atoms with van der Waals surface area (Å²) in [5.41, 5.74) is 1.56. The topological polar surface area (TPSA) is 37.4 Å². The molecule has 140 valence electrons. The van der Waals surface area contributed by atoms with Gasteiger partial charge in [0.15, 0.2) is 0 Å². The van der Waals surface area contributed by atoms with Crippen LogP contribution in [-0.2, 0) is 10.0 Å². The third kappa shape index (κ3) is 3.59. The van der Waals surface area contributed by atoms with Gasteiger partial charge in [-0.2, -0.15) is 4.31 Å². The van der Waals surface area contributed by atoms with Crippen molar-refractivity contribution in [1.82, 2.24) is 4.31 Å². The van der Waals surface area contributed by atoms with Crippen molar-refractivity contribution in [1.29, 1.82) is 0 Å². The number of fused-ring (bicyclic) bond motifs is 1. The summed E-state index contributed by atoms with van der Waals surface area (Å²) < 4.78 is 42.4. The Morgan fingerprint density at radius 2 is 1.92 bits per heavy atom. The van der Waals surface area contributed by atoms with Gasteiger partial charge in [-0.05, 0) is 52.0 Å². The van der Waals surface area contributed by atoms with Crippen molar-refractivity contribution in [2.75, 3.05) is 7.05 Å². The third-order valence-corrected chi connectivity index (χ3v) is 7.77. The maximum atomic E-state index is 14.3. The van der Waals surface area contributed by atoms with Gasteiger partial charge in [-0.3, -0.25) is 0 Å². The molecule has 2 aromatic carbocycles. The summed E-state index contributed by atoms with van der Waals surface area (Å²) in [4.78, 5) is 0.195. The summed E-state index contributed by atoms with van der Waals surface area (Å²) in [7, 11) is -2.04. The van der Waals surface area contributed by atoms with Crippen LogP contribution in [0.2, 0.25) is 0 Å². The molecule has 0 bridgehead atoms. The zero-order valence-corrected chi connectivity index (χ0v) is 17.4. The van der Waals surface area contributed by atoms with E-state index in [2.05, 4.69) is 22.9 Å². The largest absolute Gasteiger partial charge is 0.243 e. The Morgan fingerprint density at radius 1 is 1.23 bits per heavy atom. The molecule has 1 unspecified atom stereocenters. The number of sulfonamides is 1. The average Bonchev–Trinajstić information content (AvgIpc) is 2.70. The minimum Gasteiger partial charge on any atom is -0.207 e. The number of halogens is 2. The first kappa shape index (κ1) is 19.5. The number of hydrogen-bond acceptors (Lipinski definition) is 2. The van der Waals surface area contributed by atoms with E-state index in [-0.39, 0.29) is 21.3 Å². The predicted octanol–water partition coefficient (Wildman–Crippen LogP) is 5.30. The van der Waals surface area contributed by atoms with Gasteiger partial charge < -0.3 is 0 Å². The molecule has 0 spiro atoms. The zero-order chi connectivity index (χ0) is 18.9. The van der Waals surface area contributed by atoms with Crippen LogP contribution in [0, 0.1) is 5.82 Å². The molecule has 0 saturated carbocycles. The van der Waals surface area contributed by atoms with E-state index in [0.29, 0.717) is 12.0 Å². The summed E-state index contributed by atoms with van der Waals surface area (Å²) in [5.74, 6) is -0.593. The second kappa shape index (κ2) is 7.79. The van der Waals surface area contributed by atoms with E-state index in [9.17, 15) is 12.8 Å². The van der Waals surface area contributed by atoms with Crippen LogP contribution >= 0.6 is 15.9 Å². The van der Waals surface area contributed by atoms with E-state index in [1.165, 1.54) is 16.4 Å². The fourth-order valence-corrected chi connectivity index (χ4v) is 5.83. The molecule has 0 amide bonds. The van der Waals surface area contributed by atoms with Crippen molar-refractivity contribution in [2.24, 2.45) is 0 Å². The monoisotopic (exact) mass is 439 g/mol. The molecule has 26 heavy (non-hydrogen) atoms. The molecule has 0 N–H and O–H groups in total. The smallest absolute Gasteiger partial charge is 0.207 e. The molecule has 0 aromatic heterocycles. The standard InChI is InChI=1S/C20H23BrFNO2S/c1-3-4-10-15-11-16(14-8-6-5-7-9-14)17-12-19(22)18(21)13-20(17)26(24,25)23(15)2/h5-9,12-13,15-16H,3-4,10-11H2,1-2H3/t15-,16?/m1/s1. The van der Waals surface area contributed by atoms with Gasteiger partial charge in [-0.15, -0.1) is 0 Å². The molecular weight excluding hydrogens is 417 g/mol. The van der Waals surface area contributed by atoms with Crippen molar-refractivity contribution >= 4 is 26.0 Å². The Hall–Kier alpha value is -1.24. The van der Waals surface area contributed by atoms with Crippen LogP contribution < -0.4 is 0 Å². The number of benzene rings is 2. The molecule has 0 radical (unpaired) electrons. The summed E-state index contributed by atoms with van der Waals surface area (Å²) >= 11 is 3.15. The van der Waals surface area contributed by atoms with Gasteiger partial charge in [0, 0.05) is 19.0 Å². The van der Waals surface area contributed by atoms with Gasteiger partial charge in [-0.1, -0.05) is 50.1 Å². The Bertz CT molecular complexity index is 886. The number of unbranched alkanes of at least 4 members (excludes halogenated alkanes) is 1. The summed E-state index contributed by atoms with van der Waals surface area (Å²) in [5, 5.41) is 0. The van der Waals surface area contributed by atoms with Crippen LogP contribution in [0.1, 0.15) is 49.7 Å². The predicted molar refractivity (Wildman–Crippen MR) is 105 cm³/mol. The molecule has 0 fully saturated rings. The van der Waals surface area contributed by atoms with E-state index in [0.717, 1.165) is 24.8 Å². The molecule has 1 aliphatic heterocycles. The molecule has 6 heteroatoms. The van der Waals surface area contributed by atoms with Crippen LogP contribution in [0.25, 0.3) is 0 Å². The highest BCUT2D eigenvalue weighted by atomic mass is 79.9. The fraction of sp³-hybridized carbons (Fsp3) is 0.400. The van der Waals surface area contributed by atoms with E-state index < -0.39 is 15.8 Å². The van der Waals surface area contributed by atoms with E-state index >= 15 is 0 Å². The summed E-state index contributed by atoms with van der Waals surface area (Å²) in [6.07, 6.45) is 3.41. The maximum Gasteiger partial charge on any atom is 0.243 e. The maximum absolute atomic E-state index is 14.3. The lowest BCUT2D eigenvalue weighted by molar-refractivity contribution is 0.322. The zero-order valence-electron chi connectivity index (χ0n) is 15.0. The summed E-state index contributed by atoms with van der Waals surface area (Å²) in [6, 6.07) is 12.5. The molecule has 3 rings (SSSR count). The van der Waals surface area contributed by atoms with Gasteiger partial charge in [0.2, 0.25) is 10.0 Å². The van der Waals surface area contributed by atoms with Crippen molar-refractivity contribution in [3.05, 3.63) is 63.9 Å². The van der Waals surface area contributed by atoms with Crippen molar-refractivity contribution in [3.63, 3.8) is 0 Å². The second-order valence-corrected chi connectivity index (χ2v) is 9.64. The van der Waals surface area contributed by atoms with Gasteiger partial charge in [0.1, 0.15) is 5.82 Å². The van der Waals surface area contributed by atoms with E-state index in [1.807, 2.05) is 30.3 Å². The van der Waals surface area contributed by atoms with Gasteiger partial charge in [0.05, 0.1) is 9.37 Å². The lowest BCUT2D eigenvalue weighted by Crippen LogP contribution is -2.36. The third-order valence-electron chi connectivity index (χ3n) is 5.20. The van der Waals surface area contributed by atoms with Crippen LogP contribution in [-0.4, -0.2) is 25.8 Å². The van der Waals surface area contributed by atoms with Gasteiger partial charge >= 0.3 is 0 Å². The van der Waals surface area contributed by atoms with Gasteiger partial charge in [0.25, 0.3) is 0 Å². The molecule has 3 nitrogen and oxygen atoms in total. The highest BCUT2D eigenvalue weighted by Crippen LogP contribution is 2.42. The minimum absolute atomic E-state index is 0.112. The minimum atomic E-state index is -3.68. The van der Waals surface area contributed by atoms with E-state index in [4.69, 9.17) is 0 Å². The van der Waals surface area contributed by atoms with Crippen molar-refractivity contribution in [2.45, 2.75) is 49.5 Å². The molecular formula is C20H23BrFNO2S. The summed E-state index contributed by atoms with van der Waals surface area (Å²) in [6.45, 7) is 2.10. The van der Waals surface area contributed by atoms with Crippen LogP contribution in [0.3, 0.4) is 0 Å². The van der Waals surface area contributed by atoms with Crippen molar-refractivity contribution < 1.29 is 12.8 Å². The number of hydrogen-bond donors (Lipinski definition) is 0. The van der Waals surface area contributed by atoms with E-state index in [1.54, 1.807) is 7.05 Å². The average molecular weight is 440 g/mol. The fourth-order valence-electron chi connectivity index (χ4n) is 3.68. The lowest BCUT2D eigenvalue weighted by atomic mass is 9.85. The first-order chi connectivity index (χ1) is 12.4. The van der Waals surface area contributed by atoms with Gasteiger partial charge in [-0.25, -0.2) is 12.8 Å². The quantitative estimate of drug-likeness (QED) is 0.647. The molecule has 2 atom stereocenters. The van der Waals surface area contributed by atoms with Crippen LogP contribution in [0.5, 0.6) is 0 Å². The number of nitrogens with zero attached hydrogens (tertiary/aromatic N) is 1. The molecule has 0 aliphatic carbocycles. The first-order valence-corrected chi connectivity index (χ1v) is 11.1. The number of rotatable bonds is 4. The van der Waals surface area contributed by atoms with Crippen molar-refractivity contribution in [3.8, 4) is 0 Å². The Morgan fingerprint density at radius 3 is 2.58 bits per heavy atom. The highest BCUT2D eigenvalue weighted by Gasteiger charge is 2.38. The Kier molecular flexibility index (Phi) is 5.85. The highest BCUT2D eigenvalue weighted by molar-refractivity contribution is 9.10. The second-order valence-electron chi connectivity index (χ2n) is 6.82. The molecule has 2 aromatic rings. The Labute approximate surface area is 163 Å². The Balaban J connectivity index is 2.21. The SMILES string of the molecule is CCCC[C@@H]1CC(c2ccccc2)c2cc(F)c(Br)cc2S(=O)(=O)N1C. The van der Waals surface area contributed by atoms with Crippen LogP contribution in [0.4, 0.5) is 4.39 Å². The first-order valence-electron chi connectivity index (χ1n) is 8.88.